The van der Waals surface area contributed by atoms with Gasteiger partial charge in [-0.15, -0.1) is 5.10 Å². The zero-order chi connectivity index (χ0) is 11.4. The number of hydrogen-bond acceptors (Lipinski definition) is 5. The molecule has 0 aromatic carbocycles. The summed E-state index contributed by atoms with van der Waals surface area (Å²) in [6.07, 6.45) is 9.55. The Morgan fingerprint density at radius 3 is 1.75 bits per heavy atom. The van der Waals surface area contributed by atoms with Gasteiger partial charge < -0.3 is 0 Å². The molecule has 0 spiro atoms. The zero-order valence-electron chi connectivity index (χ0n) is 9.20. The molecule has 0 unspecified atom stereocenters. The summed E-state index contributed by atoms with van der Waals surface area (Å²) in [5.41, 5.74) is 0.961. The number of aryl methyl sites for hydroxylation is 1. The first-order chi connectivity index (χ1) is 7.39. The molecule has 0 N–H and O–H groups in total. The van der Waals surface area contributed by atoms with Gasteiger partial charge in [0.05, 0.1) is 11.9 Å². The van der Waals surface area contributed by atoms with E-state index in [2.05, 4.69) is 25.1 Å². The second-order valence-electron chi connectivity index (χ2n) is 2.14. The Balaban J connectivity index is 0. The molecule has 2 heterocycles. The molecule has 5 nitrogen and oxygen atoms in total. The van der Waals surface area contributed by atoms with E-state index in [0.717, 1.165) is 5.69 Å². The summed E-state index contributed by atoms with van der Waals surface area (Å²) in [5, 5.41) is 6.90. The molecule has 0 radical (unpaired) electrons. The van der Waals surface area contributed by atoms with Crippen molar-refractivity contribution in [3.8, 4) is 0 Å². The predicted molar refractivity (Wildman–Crippen MR) is 64.7 cm³/mol. The van der Waals surface area contributed by atoms with Crippen LogP contribution in [-0.4, -0.2) is 25.1 Å². The van der Waals surface area contributed by atoms with Crippen LogP contribution in [0.1, 0.15) is 27.0 Å². The van der Waals surface area contributed by atoms with Gasteiger partial charge in [0.1, 0.15) is 6.33 Å². The van der Waals surface area contributed by atoms with Crippen LogP contribution in [0.3, 0.4) is 0 Å². The predicted octanol–water partition coefficient (Wildman–Crippen LogP) is 2.32. The summed E-state index contributed by atoms with van der Waals surface area (Å²) >= 11 is 0. The van der Waals surface area contributed by atoms with E-state index >= 15 is 0 Å². The van der Waals surface area contributed by atoms with E-state index in [1.165, 1.54) is 12.5 Å². The lowest BCUT2D eigenvalue weighted by molar-refractivity contribution is 0.969. The van der Waals surface area contributed by atoms with Gasteiger partial charge in [-0.3, -0.25) is 9.97 Å². The van der Waals surface area contributed by atoms with Gasteiger partial charge in [0.2, 0.25) is 0 Å². The van der Waals surface area contributed by atoms with Crippen molar-refractivity contribution in [2.75, 3.05) is 0 Å². The molecule has 88 valence electrons. The van der Waals surface area contributed by atoms with Crippen molar-refractivity contribution in [3.05, 3.63) is 43.0 Å². The van der Waals surface area contributed by atoms with E-state index in [1.54, 1.807) is 24.8 Å². The largest absolute Gasteiger partial charge is 0.261 e. The van der Waals surface area contributed by atoms with Crippen LogP contribution in [0.15, 0.2) is 37.3 Å². The third kappa shape index (κ3) is 10.2. The maximum absolute atomic E-state index is 3.92. The molecule has 0 bridgehead atoms. The lowest BCUT2D eigenvalue weighted by Crippen LogP contribution is -1.77. The molecule has 0 amide bonds. The summed E-state index contributed by atoms with van der Waals surface area (Å²) in [6, 6.07) is 0. The molecule has 2 rings (SSSR count). The van der Waals surface area contributed by atoms with Gasteiger partial charge in [0.25, 0.3) is 0 Å². The number of hydrogen-bond donors (Lipinski definition) is 0. The van der Waals surface area contributed by atoms with Crippen molar-refractivity contribution in [1.29, 1.82) is 0 Å². The maximum Gasteiger partial charge on any atom is 0.138 e. The molecule has 0 fully saturated rings. The topological polar surface area (TPSA) is 64.5 Å². The Morgan fingerprint density at radius 1 is 0.875 bits per heavy atom. The van der Waals surface area contributed by atoms with Crippen LogP contribution >= 0.6 is 0 Å². The Kier molecular flexibility index (Phi) is 13.5. The third-order valence-electron chi connectivity index (χ3n) is 1.10. The molecule has 16 heavy (non-hydrogen) atoms. The van der Waals surface area contributed by atoms with E-state index in [1.807, 2.05) is 20.8 Å². The highest BCUT2D eigenvalue weighted by molar-refractivity contribution is 4.88. The number of nitrogens with zero attached hydrogens (tertiary/aromatic N) is 5. The van der Waals surface area contributed by atoms with Crippen molar-refractivity contribution in [1.82, 2.24) is 25.1 Å². The molecular weight excluding hydrogens is 202 g/mol. The van der Waals surface area contributed by atoms with Crippen molar-refractivity contribution in [2.24, 2.45) is 0 Å². The van der Waals surface area contributed by atoms with Gasteiger partial charge >= 0.3 is 0 Å². The fourth-order valence-electron chi connectivity index (χ4n) is 0.579. The summed E-state index contributed by atoms with van der Waals surface area (Å²) in [6.45, 7) is 5.91. The Hall–Kier alpha value is -1.91. The fraction of sp³-hybridized carbons (Fsp3) is 0.364. The van der Waals surface area contributed by atoms with Gasteiger partial charge in [-0.05, 0) is 6.92 Å². The zero-order valence-corrected chi connectivity index (χ0v) is 9.20. The van der Waals surface area contributed by atoms with Crippen LogP contribution in [0.2, 0.25) is 0 Å². The van der Waals surface area contributed by atoms with Gasteiger partial charge in [-0.2, -0.15) is 5.10 Å². The molecule has 5 heteroatoms. The lowest BCUT2D eigenvalue weighted by atomic mass is 10.5. The average molecular weight is 221 g/mol. The standard InChI is InChI=1S/C5H6N2.C3H3N3.C2H6.CH4/c1-5-4-6-2-3-7-5;1-2-5-6-3-4-1;1-2;/h2-4H,1H3;1-3H;1-2H3;1H4. The van der Waals surface area contributed by atoms with Crippen LogP contribution in [0.4, 0.5) is 0 Å². The second kappa shape index (κ2) is 13.1. The first kappa shape index (κ1) is 16.5. The Labute approximate surface area is 97.0 Å². The number of rotatable bonds is 0. The van der Waals surface area contributed by atoms with Gasteiger partial charge in [0.15, 0.2) is 0 Å². The van der Waals surface area contributed by atoms with Crippen LogP contribution in [0.5, 0.6) is 0 Å². The van der Waals surface area contributed by atoms with E-state index in [9.17, 15) is 0 Å². The number of aromatic nitrogens is 5. The quantitative estimate of drug-likeness (QED) is 0.683. The van der Waals surface area contributed by atoms with E-state index in [-0.39, 0.29) is 7.43 Å². The molecule has 0 aliphatic heterocycles. The normalized spacial score (nSPS) is 7.19. The van der Waals surface area contributed by atoms with Gasteiger partial charge in [-0.1, -0.05) is 21.3 Å². The van der Waals surface area contributed by atoms with Crippen LogP contribution in [0, 0.1) is 6.92 Å². The highest BCUT2D eigenvalue weighted by Crippen LogP contribution is 1.81. The smallest absolute Gasteiger partial charge is 0.138 e. The molecule has 0 aliphatic rings. The Morgan fingerprint density at radius 2 is 1.56 bits per heavy atom. The lowest BCUT2D eigenvalue weighted by Gasteiger charge is -1.81. The van der Waals surface area contributed by atoms with Crippen molar-refractivity contribution >= 4 is 0 Å². The fourth-order valence-corrected chi connectivity index (χ4v) is 0.579. The first-order valence-electron chi connectivity index (χ1n) is 4.69. The molecule has 0 atom stereocenters. The second-order valence-corrected chi connectivity index (χ2v) is 2.14. The van der Waals surface area contributed by atoms with Crippen LogP contribution in [-0.2, 0) is 0 Å². The Bertz CT molecular complexity index is 285. The first-order valence-corrected chi connectivity index (χ1v) is 4.69. The van der Waals surface area contributed by atoms with E-state index < -0.39 is 0 Å². The monoisotopic (exact) mass is 221 g/mol. The summed E-state index contributed by atoms with van der Waals surface area (Å²) < 4.78 is 0. The van der Waals surface area contributed by atoms with Crippen molar-refractivity contribution < 1.29 is 0 Å². The minimum atomic E-state index is 0. The van der Waals surface area contributed by atoms with E-state index in [0.29, 0.717) is 0 Å². The average Bonchev–Trinajstić information content (AvgIpc) is 2.36. The van der Waals surface area contributed by atoms with Gasteiger partial charge in [0, 0.05) is 24.8 Å². The molecule has 0 aliphatic carbocycles. The molecule has 0 saturated carbocycles. The summed E-state index contributed by atoms with van der Waals surface area (Å²) in [5.74, 6) is 0. The van der Waals surface area contributed by atoms with Crippen LogP contribution in [0.25, 0.3) is 0 Å². The third-order valence-corrected chi connectivity index (χ3v) is 1.10. The van der Waals surface area contributed by atoms with E-state index in [4.69, 9.17) is 0 Å². The van der Waals surface area contributed by atoms with Crippen LogP contribution < -0.4 is 0 Å². The SMILES string of the molecule is C.CC.Cc1cnccn1.c1cnncn1. The molecule has 0 saturated heterocycles. The highest BCUT2D eigenvalue weighted by atomic mass is 15.1. The maximum atomic E-state index is 3.92. The summed E-state index contributed by atoms with van der Waals surface area (Å²) in [7, 11) is 0. The molecular formula is C11H19N5. The minimum Gasteiger partial charge on any atom is -0.261 e. The molecule has 2 aromatic heterocycles. The minimum absolute atomic E-state index is 0. The molecule has 2 aromatic rings. The van der Waals surface area contributed by atoms with Crippen molar-refractivity contribution in [2.45, 2.75) is 28.2 Å². The summed E-state index contributed by atoms with van der Waals surface area (Å²) in [4.78, 5) is 11.3. The van der Waals surface area contributed by atoms with Gasteiger partial charge in [-0.25, -0.2) is 4.98 Å². The highest BCUT2D eigenvalue weighted by Gasteiger charge is 1.74. The van der Waals surface area contributed by atoms with Crippen molar-refractivity contribution in [3.63, 3.8) is 0 Å².